The van der Waals surface area contributed by atoms with Crippen LogP contribution in [0.1, 0.15) is 106 Å². The van der Waals surface area contributed by atoms with Gasteiger partial charge in [0.15, 0.2) is 7.28 Å². The van der Waals surface area contributed by atoms with Gasteiger partial charge in [0, 0.05) is 33.7 Å². The van der Waals surface area contributed by atoms with Gasteiger partial charge in [-0.25, -0.2) is 0 Å². The van der Waals surface area contributed by atoms with Gasteiger partial charge >= 0.3 is 0 Å². The molecule has 5 aliphatic rings. The minimum atomic E-state index is -0.0906. The molecular weight excluding hydrogens is 627 g/mol. The minimum Gasteiger partial charge on any atom is -0.355 e. The second kappa shape index (κ2) is 10.9. The zero-order chi connectivity index (χ0) is 35.7. The van der Waals surface area contributed by atoms with Crippen molar-refractivity contribution in [1.82, 2.24) is 0 Å². The fourth-order valence-electron chi connectivity index (χ4n) is 10.2. The molecule has 0 amide bonds. The number of fused-ring (bicyclic) bond motifs is 7. The van der Waals surface area contributed by atoms with Crippen molar-refractivity contribution in [3.8, 4) is 11.1 Å². The van der Waals surface area contributed by atoms with E-state index in [9.17, 15) is 0 Å². The zero-order valence-corrected chi connectivity index (χ0v) is 31.8. The average Bonchev–Trinajstić information content (AvgIpc) is 3.49. The van der Waals surface area contributed by atoms with Crippen LogP contribution in [0, 0.1) is 6.92 Å². The SMILES string of the molecule is Cc1cc(-c2cc3c(cc2Nc2ccc4c(c2)C(C)(C)CCC4(C)C)C2=C(CCC=C2)C3)c2c(c1)N1c3ccccc3C(C)(C)c3cccc(c31)[B]2. The first kappa shape index (κ1) is 31.9. The van der Waals surface area contributed by atoms with Gasteiger partial charge in [-0.05, 0) is 142 Å². The highest BCUT2D eigenvalue weighted by Crippen LogP contribution is 2.53. The highest BCUT2D eigenvalue weighted by molar-refractivity contribution is 6.73. The molecule has 3 aliphatic carbocycles. The molecule has 0 fully saturated rings. The first-order valence-corrected chi connectivity index (χ1v) is 19.4. The monoisotopic (exact) mass is 675 g/mol. The molecule has 0 atom stereocenters. The van der Waals surface area contributed by atoms with E-state index in [1.165, 1.54) is 108 Å². The number of para-hydroxylation sites is 2. The third-order valence-electron chi connectivity index (χ3n) is 13.3. The van der Waals surface area contributed by atoms with Gasteiger partial charge in [0.05, 0.1) is 5.69 Å². The van der Waals surface area contributed by atoms with Gasteiger partial charge in [0.25, 0.3) is 0 Å². The lowest BCUT2D eigenvalue weighted by atomic mass is 9.56. The molecule has 0 spiro atoms. The third-order valence-corrected chi connectivity index (χ3v) is 13.3. The molecule has 0 unspecified atom stereocenters. The van der Waals surface area contributed by atoms with Gasteiger partial charge in [-0.15, -0.1) is 0 Å². The van der Waals surface area contributed by atoms with Crippen LogP contribution in [-0.2, 0) is 22.7 Å². The average molecular weight is 676 g/mol. The van der Waals surface area contributed by atoms with E-state index in [4.69, 9.17) is 0 Å². The van der Waals surface area contributed by atoms with E-state index in [-0.39, 0.29) is 16.2 Å². The van der Waals surface area contributed by atoms with Crippen molar-refractivity contribution >= 4 is 52.2 Å². The first-order chi connectivity index (χ1) is 24.9. The van der Waals surface area contributed by atoms with Gasteiger partial charge in [-0.1, -0.05) is 113 Å². The van der Waals surface area contributed by atoms with E-state index in [1.54, 1.807) is 5.57 Å². The second-order valence-corrected chi connectivity index (χ2v) is 18.0. The lowest BCUT2D eigenvalue weighted by Crippen LogP contribution is -2.45. The Balaban J connectivity index is 1.18. The summed E-state index contributed by atoms with van der Waals surface area (Å²) >= 11 is 0. The molecule has 0 bridgehead atoms. The van der Waals surface area contributed by atoms with Crippen LogP contribution in [0.3, 0.4) is 0 Å². The Morgan fingerprint density at radius 2 is 1.48 bits per heavy atom. The molecule has 1 radical (unpaired) electrons. The molecule has 5 aromatic rings. The molecule has 2 nitrogen and oxygen atoms in total. The molecule has 1 N–H and O–H groups in total. The third kappa shape index (κ3) is 4.57. The summed E-state index contributed by atoms with van der Waals surface area (Å²) in [7, 11) is 2.47. The number of hydrogen-bond acceptors (Lipinski definition) is 2. The van der Waals surface area contributed by atoms with E-state index in [1.807, 2.05) is 0 Å². The van der Waals surface area contributed by atoms with Gasteiger partial charge in [0.2, 0.25) is 0 Å². The van der Waals surface area contributed by atoms with Crippen LogP contribution in [0.25, 0.3) is 16.7 Å². The maximum absolute atomic E-state index is 4.05. The van der Waals surface area contributed by atoms with Crippen molar-refractivity contribution < 1.29 is 0 Å². The quantitative estimate of drug-likeness (QED) is 0.188. The van der Waals surface area contributed by atoms with Crippen LogP contribution in [0.4, 0.5) is 28.4 Å². The van der Waals surface area contributed by atoms with Crippen molar-refractivity contribution in [3.63, 3.8) is 0 Å². The van der Waals surface area contributed by atoms with Crippen LogP contribution in [-0.4, -0.2) is 7.28 Å². The number of allylic oxidation sites excluding steroid dienone is 4. The Kier molecular flexibility index (Phi) is 6.69. The smallest absolute Gasteiger partial charge is 0.197 e. The molecule has 5 aromatic carbocycles. The second-order valence-electron chi connectivity index (χ2n) is 18.0. The van der Waals surface area contributed by atoms with Crippen molar-refractivity contribution in [2.24, 2.45) is 0 Å². The number of nitrogens with zero attached hydrogens (tertiary/aromatic N) is 1. The van der Waals surface area contributed by atoms with E-state index < -0.39 is 0 Å². The largest absolute Gasteiger partial charge is 0.355 e. The van der Waals surface area contributed by atoms with Gasteiger partial charge in [-0.3, -0.25) is 0 Å². The fourth-order valence-corrected chi connectivity index (χ4v) is 10.2. The standard InChI is InChI=1S/C49H48BN2/c1-29-23-36(45-44(24-29)52-43-18-11-10-15-38(43)49(6,7)39-16-12-17-41(50-45)46(39)52)35-26-31-25-30-13-8-9-14-33(30)34(31)28-42(35)51-32-19-20-37-40(27-32)48(4,5)22-21-47(37,2)3/h9-12,14-20,23-24,26-28,51H,8,13,21-22,25H2,1-7H3. The van der Waals surface area contributed by atoms with E-state index >= 15 is 0 Å². The van der Waals surface area contributed by atoms with E-state index in [0.29, 0.717) is 0 Å². The van der Waals surface area contributed by atoms with Crippen LogP contribution in [0.2, 0.25) is 0 Å². The Bertz CT molecular complexity index is 2440. The van der Waals surface area contributed by atoms with Gasteiger partial charge < -0.3 is 10.2 Å². The summed E-state index contributed by atoms with van der Waals surface area (Å²) < 4.78 is 0. The molecule has 10 rings (SSSR count). The van der Waals surface area contributed by atoms with Crippen LogP contribution >= 0.6 is 0 Å². The predicted molar refractivity (Wildman–Crippen MR) is 222 cm³/mol. The Labute approximate surface area is 310 Å². The molecule has 2 aliphatic heterocycles. The highest BCUT2D eigenvalue weighted by atomic mass is 15.2. The summed E-state index contributed by atoms with van der Waals surface area (Å²) in [5.41, 5.74) is 24.5. The van der Waals surface area contributed by atoms with Crippen LogP contribution < -0.4 is 21.1 Å². The molecule has 257 valence electrons. The normalized spacial score (nSPS) is 19.1. The molecule has 2 heterocycles. The molecule has 52 heavy (non-hydrogen) atoms. The Morgan fingerprint density at radius 3 is 2.33 bits per heavy atom. The number of benzene rings is 5. The molecular formula is C49H48BN2. The lowest BCUT2D eigenvalue weighted by Gasteiger charge is -2.46. The Hall–Kier alpha value is -4.76. The fraction of sp³-hybridized carbons (Fsp3) is 0.306. The number of anilines is 5. The number of aryl methyl sites for hydroxylation is 1. The maximum Gasteiger partial charge on any atom is 0.197 e. The predicted octanol–water partition coefficient (Wildman–Crippen LogP) is 11.5. The van der Waals surface area contributed by atoms with Crippen molar-refractivity contribution in [2.75, 3.05) is 10.2 Å². The summed E-state index contributed by atoms with van der Waals surface area (Å²) in [6, 6.07) is 33.0. The van der Waals surface area contributed by atoms with Crippen molar-refractivity contribution in [1.29, 1.82) is 0 Å². The summed E-state index contributed by atoms with van der Waals surface area (Å²) in [6.07, 6.45) is 10.5. The highest BCUT2D eigenvalue weighted by Gasteiger charge is 2.41. The van der Waals surface area contributed by atoms with E-state index in [2.05, 4.69) is 163 Å². The topological polar surface area (TPSA) is 15.3 Å². The van der Waals surface area contributed by atoms with Crippen molar-refractivity contribution in [2.45, 2.75) is 96.8 Å². The number of rotatable bonds is 3. The summed E-state index contributed by atoms with van der Waals surface area (Å²) in [4.78, 5) is 2.57. The van der Waals surface area contributed by atoms with Gasteiger partial charge in [-0.2, -0.15) is 0 Å². The molecule has 0 saturated heterocycles. The van der Waals surface area contributed by atoms with Crippen molar-refractivity contribution in [3.05, 3.63) is 142 Å². The molecule has 3 heteroatoms. The van der Waals surface area contributed by atoms with E-state index in [0.717, 1.165) is 19.3 Å². The van der Waals surface area contributed by atoms with Crippen LogP contribution in [0.5, 0.6) is 0 Å². The first-order valence-electron chi connectivity index (χ1n) is 19.4. The molecule has 0 aromatic heterocycles. The number of nitrogens with one attached hydrogen (secondary N) is 1. The Morgan fingerprint density at radius 1 is 0.692 bits per heavy atom. The summed E-state index contributed by atoms with van der Waals surface area (Å²) in [6.45, 7) is 16.7. The summed E-state index contributed by atoms with van der Waals surface area (Å²) in [5, 5.41) is 4.05. The molecule has 0 saturated carbocycles. The maximum atomic E-state index is 4.05. The lowest BCUT2D eigenvalue weighted by molar-refractivity contribution is 0.332. The summed E-state index contributed by atoms with van der Waals surface area (Å²) in [5.74, 6) is 0. The van der Waals surface area contributed by atoms with Gasteiger partial charge in [0.1, 0.15) is 0 Å². The van der Waals surface area contributed by atoms with Crippen LogP contribution in [0.15, 0.2) is 103 Å². The number of hydrogen-bond donors (Lipinski definition) is 1. The zero-order valence-electron chi connectivity index (χ0n) is 31.8. The minimum absolute atomic E-state index is 0.0906.